The Morgan fingerprint density at radius 2 is 2.25 bits per heavy atom. The fourth-order valence-corrected chi connectivity index (χ4v) is 2.16. The molecule has 0 fully saturated rings. The van der Waals surface area contributed by atoms with E-state index in [-0.39, 0.29) is 5.56 Å². The Hall–Kier alpha value is -1.82. The van der Waals surface area contributed by atoms with E-state index in [1.54, 1.807) is 31.6 Å². The molecule has 82 valence electrons. The number of aromatic nitrogens is 3. The summed E-state index contributed by atoms with van der Waals surface area (Å²) in [5.74, 6) is -0.973. The van der Waals surface area contributed by atoms with Crippen LogP contribution in [0.3, 0.4) is 0 Å². The van der Waals surface area contributed by atoms with E-state index in [0.29, 0.717) is 15.7 Å². The number of carboxylic acid groups (broad SMARTS) is 1. The molecule has 0 bridgehead atoms. The van der Waals surface area contributed by atoms with Gasteiger partial charge in [0.1, 0.15) is 5.03 Å². The molecule has 0 aliphatic heterocycles. The molecule has 6 heteroatoms. The summed E-state index contributed by atoms with van der Waals surface area (Å²) in [6, 6.07) is 1.68. The van der Waals surface area contributed by atoms with Crippen LogP contribution < -0.4 is 0 Å². The molecule has 0 radical (unpaired) electrons. The Morgan fingerprint density at radius 3 is 2.88 bits per heavy atom. The van der Waals surface area contributed by atoms with Crippen molar-refractivity contribution in [2.45, 2.75) is 17.1 Å². The van der Waals surface area contributed by atoms with Crippen LogP contribution in [-0.4, -0.2) is 26.0 Å². The van der Waals surface area contributed by atoms with Gasteiger partial charge in [0, 0.05) is 18.6 Å². The first-order valence-corrected chi connectivity index (χ1v) is 5.36. The van der Waals surface area contributed by atoms with Crippen LogP contribution in [0.15, 0.2) is 34.8 Å². The van der Waals surface area contributed by atoms with Gasteiger partial charge in [-0.3, -0.25) is 0 Å². The molecule has 2 aromatic heterocycles. The van der Waals surface area contributed by atoms with Gasteiger partial charge in [-0.05, 0) is 30.3 Å². The average molecular weight is 235 g/mol. The van der Waals surface area contributed by atoms with E-state index in [9.17, 15) is 4.79 Å². The second-order valence-electron chi connectivity index (χ2n) is 3.11. The van der Waals surface area contributed by atoms with E-state index in [0.717, 1.165) is 0 Å². The van der Waals surface area contributed by atoms with Crippen LogP contribution in [-0.2, 0) is 0 Å². The highest BCUT2D eigenvalue weighted by molar-refractivity contribution is 7.99. The SMILES string of the molecule is Cc1ccnc(Sc2ncc[nH]2)c1C(=O)O. The lowest BCUT2D eigenvalue weighted by Gasteiger charge is -2.05. The van der Waals surface area contributed by atoms with Crippen molar-refractivity contribution in [2.24, 2.45) is 0 Å². The summed E-state index contributed by atoms with van der Waals surface area (Å²) in [5.41, 5.74) is 0.917. The number of carbonyl (C=O) groups is 1. The Morgan fingerprint density at radius 1 is 1.44 bits per heavy atom. The summed E-state index contributed by atoms with van der Waals surface area (Å²) in [7, 11) is 0. The quantitative estimate of drug-likeness (QED) is 0.850. The maximum Gasteiger partial charge on any atom is 0.338 e. The molecule has 0 aromatic carbocycles. The normalized spacial score (nSPS) is 10.3. The highest BCUT2D eigenvalue weighted by atomic mass is 32.2. The largest absolute Gasteiger partial charge is 0.478 e. The molecular formula is C10H9N3O2S. The summed E-state index contributed by atoms with van der Waals surface area (Å²) < 4.78 is 0. The van der Waals surface area contributed by atoms with Gasteiger partial charge in [0.2, 0.25) is 0 Å². The molecule has 0 aliphatic carbocycles. The molecule has 5 nitrogen and oxygen atoms in total. The number of aryl methyl sites for hydroxylation is 1. The molecule has 0 saturated heterocycles. The topological polar surface area (TPSA) is 78.9 Å². The average Bonchev–Trinajstić information content (AvgIpc) is 2.70. The van der Waals surface area contributed by atoms with E-state index in [1.807, 2.05) is 0 Å². The van der Waals surface area contributed by atoms with Crippen molar-refractivity contribution >= 4 is 17.7 Å². The standard InChI is InChI=1S/C10H9N3O2S/c1-6-2-3-11-8(7(6)9(14)15)16-10-12-4-5-13-10/h2-5H,1H3,(H,12,13)(H,14,15). The Bertz CT molecular complexity index is 511. The van der Waals surface area contributed by atoms with Gasteiger partial charge in [-0.25, -0.2) is 14.8 Å². The predicted molar refractivity (Wildman–Crippen MR) is 58.6 cm³/mol. The summed E-state index contributed by atoms with van der Waals surface area (Å²) in [6.07, 6.45) is 4.88. The zero-order valence-corrected chi connectivity index (χ0v) is 9.28. The van der Waals surface area contributed by atoms with Gasteiger partial charge in [-0.1, -0.05) is 0 Å². The van der Waals surface area contributed by atoms with Crippen LogP contribution in [0.5, 0.6) is 0 Å². The van der Waals surface area contributed by atoms with Gasteiger partial charge in [-0.2, -0.15) is 0 Å². The van der Waals surface area contributed by atoms with Crippen molar-refractivity contribution in [3.05, 3.63) is 35.8 Å². The van der Waals surface area contributed by atoms with Crippen molar-refractivity contribution in [1.82, 2.24) is 15.0 Å². The van der Waals surface area contributed by atoms with Crippen molar-refractivity contribution in [3.8, 4) is 0 Å². The molecule has 2 aromatic rings. The molecule has 2 N–H and O–H groups in total. The molecular weight excluding hydrogens is 226 g/mol. The molecule has 2 heterocycles. The number of hydrogen-bond acceptors (Lipinski definition) is 4. The number of nitrogens with zero attached hydrogens (tertiary/aromatic N) is 2. The third-order valence-electron chi connectivity index (χ3n) is 2.00. The highest BCUT2D eigenvalue weighted by Crippen LogP contribution is 2.27. The van der Waals surface area contributed by atoms with Crippen LogP contribution in [0.1, 0.15) is 15.9 Å². The summed E-state index contributed by atoms with van der Waals surface area (Å²) >= 11 is 1.20. The first-order valence-electron chi connectivity index (χ1n) is 4.54. The van der Waals surface area contributed by atoms with Crippen molar-refractivity contribution in [1.29, 1.82) is 0 Å². The summed E-state index contributed by atoms with van der Waals surface area (Å²) in [5, 5.41) is 10.2. The van der Waals surface area contributed by atoms with Crippen LogP contribution in [0, 0.1) is 6.92 Å². The Balaban J connectivity index is 2.40. The second kappa shape index (κ2) is 4.36. The van der Waals surface area contributed by atoms with Crippen molar-refractivity contribution in [3.63, 3.8) is 0 Å². The van der Waals surface area contributed by atoms with E-state index >= 15 is 0 Å². The third kappa shape index (κ3) is 2.06. The number of hydrogen-bond donors (Lipinski definition) is 2. The fourth-order valence-electron chi connectivity index (χ4n) is 1.27. The van der Waals surface area contributed by atoms with Crippen LogP contribution in [0.4, 0.5) is 0 Å². The van der Waals surface area contributed by atoms with Gasteiger partial charge in [0.25, 0.3) is 0 Å². The number of nitrogens with one attached hydrogen (secondary N) is 1. The number of pyridine rings is 1. The first-order chi connectivity index (χ1) is 7.68. The van der Waals surface area contributed by atoms with Crippen LogP contribution in [0.25, 0.3) is 0 Å². The number of aromatic amines is 1. The minimum atomic E-state index is -0.973. The van der Waals surface area contributed by atoms with E-state index in [2.05, 4.69) is 15.0 Å². The van der Waals surface area contributed by atoms with Crippen molar-refractivity contribution in [2.75, 3.05) is 0 Å². The molecule has 0 amide bonds. The lowest BCUT2D eigenvalue weighted by molar-refractivity contribution is 0.0691. The lowest BCUT2D eigenvalue weighted by atomic mass is 10.2. The summed E-state index contributed by atoms with van der Waals surface area (Å²) in [4.78, 5) is 22.1. The smallest absolute Gasteiger partial charge is 0.338 e. The minimum absolute atomic E-state index is 0.226. The van der Waals surface area contributed by atoms with Gasteiger partial charge < -0.3 is 10.1 Å². The second-order valence-corrected chi connectivity index (χ2v) is 4.09. The van der Waals surface area contributed by atoms with E-state index < -0.39 is 5.97 Å². The number of carboxylic acids is 1. The predicted octanol–water partition coefficient (Wildman–Crippen LogP) is 1.96. The molecule has 16 heavy (non-hydrogen) atoms. The number of aromatic carboxylic acids is 1. The summed E-state index contributed by atoms with van der Waals surface area (Å²) in [6.45, 7) is 1.75. The van der Waals surface area contributed by atoms with Crippen LogP contribution in [0.2, 0.25) is 0 Å². The Labute approximate surface area is 95.9 Å². The van der Waals surface area contributed by atoms with E-state index in [4.69, 9.17) is 5.11 Å². The molecule has 0 saturated carbocycles. The highest BCUT2D eigenvalue weighted by Gasteiger charge is 2.15. The van der Waals surface area contributed by atoms with Crippen molar-refractivity contribution < 1.29 is 9.90 Å². The monoisotopic (exact) mass is 235 g/mol. The van der Waals surface area contributed by atoms with Gasteiger partial charge in [0.15, 0.2) is 5.16 Å². The minimum Gasteiger partial charge on any atom is -0.478 e. The fraction of sp³-hybridized carbons (Fsp3) is 0.100. The molecule has 0 unspecified atom stereocenters. The molecule has 2 rings (SSSR count). The lowest BCUT2D eigenvalue weighted by Crippen LogP contribution is -2.03. The number of imidazole rings is 1. The number of H-pyrrole nitrogens is 1. The van der Waals surface area contributed by atoms with Gasteiger partial charge >= 0.3 is 5.97 Å². The maximum atomic E-state index is 11.1. The zero-order valence-electron chi connectivity index (χ0n) is 8.47. The molecule has 0 spiro atoms. The van der Waals surface area contributed by atoms with Crippen LogP contribution >= 0.6 is 11.8 Å². The molecule has 0 aliphatic rings. The molecule has 0 atom stereocenters. The van der Waals surface area contributed by atoms with E-state index in [1.165, 1.54) is 11.8 Å². The zero-order chi connectivity index (χ0) is 11.5. The maximum absolute atomic E-state index is 11.1. The third-order valence-corrected chi connectivity index (χ3v) is 2.92. The number of rotatable bonds is 3. The first kappa shape index (κ1) is 10.7. The van der Waals surface area contributed by atoms with Gasteiger partial charge in [-0.15, -0.1) is 0 Å². The van der Waals surface area contributed by atoms with Gasteiger partial charge in [0.05, 0.1) is 5.56 Å². The Kier molecular flexibility index (Phi) is 2.91.